The van der Waals surface area contributed by atoms with Crippen molar-refractivity contribution in [2.45, 2.75) is 27.4 Å². The van der Waals surface area contributed by atoms with E-state index in [1.807, 2.05) is 6.07 Å². The molecule has 0 bridgehead atoms. The van der Waals surface area contributed by atoms with E-state index in [1.54, 1.807) is 6.20 Å². The minimum absolute atomic E-state index is 0.127. The molecule has 17 heavy (non-hydrogen) atoms. The van der Waals surface area contributed by atoms with E-state index >= 15 is 0 Å². The topological polar surface area (TPSA) is 46.0 Å². The molecule has 0 atom stereocenters. The van der Waals surface area contributed by atoms with Crippen LogP contribution in [0.4, 0.5) is 0 Å². The summed E-state index contributed by atoms with van der Waals surface area (Å²) in [5.41, 5.74) is 5.68. The summed E-state index contributed by atoms with van der Waals surface area (Å²) in [6.45, 7) is 6.14. The lowest BCUT2D eigenvalue weighted by molar-refractivity contribution is 0.271. The maximum atomic E-state index is 9.05. The molecule has 3 nitrogen and oxygen atoms in total. The number of aliphatic hydroxyl groups is 1. The Morgan fingerprint density at radius 3 is 2.47 bits per heavy atom. The molecule has 1 aromatic heterocycles. The average Bonchev–Trinajstić information content (AvgIpc) is 2.34. The Bertz CT molecular complexity index is 550. The van der Waals surface area contributed by atoms with Gasteiger partial charge in [0.15, 0.2) is 5.82 Å². The minimum atomic E-state index is -0.127. The van der Waals surface area contributed by atoms with E-state index in [-0.39, 0.29) is 6.61 Å². The lowest BCUT2D eigenvalue weighted by Crippen LogP contribution is -1.97. The second-order valence-electron chi connectivity index (χ2n) is 4.27. The molecule has 88 valence electrons. The van der Waals surface area contributed by atoms with E-state index in [4.69, 9.17) is 5.11 Å². The highest BCUT2D eigenvalue weighted by atomic mass is 16.3. The molecule has 0 amide bonds. The number of hydrogen-bond donors (Lipinski definition) is 1. The maximum Gasteiger partial charge on any atom is 0.154 e. The molecule has 1 heterocycles. The molecule has 3 heteroatoms. The Hall–Kier alpha value is -1.74. The SMILES string of the molecule is Cc1cc(C)c(-c2ccnc(CO)n2)cc1C. The van der Waals surface area contributed by atoms with Gasteiger partial charge in [-0.15, -0.1) is 0 Å². The predicted octanol–water partition coefficient (Wildman–Crippen LogP) is 2.56. The molecule has 2 rings (SSSR count). The van der Waals surface area contributed by atoms with Gasteiger partial charge in [-0.2, -0.15) is 0 Å². The number of aryl methyl sites for hydroxylation is 3. The molecule has 0 saturated heterocycles. The summed E-state index contributed by atoms with van der Waals surface area (Å²) in [6, 6.07) is 6.16. The zero-order valence-corrected chi connectivity index (χ0v) is 10.4. The highest BCUT2D eigenvalue weighted by Crippen LogP contribution is 2.24. The Morgan fingerprint density at radius 2 is 1.76 bits per heavy atom. The van der Waals surface area contributed by atoms with Crippen LogP contribution in [0, 0.1) is 20.8 Å². The van der Waals surface area contributed by atoms with Crippen LogP contribution in [0.5, 0.6) is 0 Å². The quantitative estimate of drug-likeness (QED) is 0.859. The van der Waals surface area contributed by atoms with E-state index in [2.05, 4.69) is 42.9 Å². The number of rotatable bonds is 2. The number of nitrogens with zero attached hydrogens (tertiary/aromatic N) is 2. The lowest BCUT2D eigenvalue weighted by Gasteiger charge is -2.09. The summed E-state index contributed by atoms with van der Waals surface area (Å²) in [4.78, 5) is 8.32. The second-order valence-corrected chi connectivity index (χ2v) is 4.27. The second kappa shape index (κ2) is 4.63. The Labute approximate surface area is 101 Å². The smallest absolute Gasteiger partial charge is 0.154 e. The van der Waals surface area contributed by atoms with Crippen LogP contribution < -0.4 is 0 Å². The zero-order valence-electron chi connectivity index (χ0n) is 10.4. The van der Waals surface area contributed by atoms with Gasteiger partial charge in [-0.05, 0) is 49.6 Å². The first-order chi connectivity index (χ1) is 8.11. The summed E-state index contributed by atoms with van der Waals surface area (Å²) >= 11 is 0. The maximum absolute atomic E-state index is 9.05. The van der Waals surface area contributed by atoms with Crippen molar-refractivity contribution in [2.24, 2.45) is 0 Å². The number of aromatic nitrogens is 2. The summed E-state index contributed by atoms with van der Waals surface area (Å²) in [7, 11) is 0. The molecule has 2 aromatic rings. The molecule has 0 aliphatic carbocycles. The number of benzene rings is 1. The Kier molecular flexibility index (Phi) is 3.20. The van der Waals surface area contributed by atoms with Gasteiger partial charge in [0.1, 0.15) is 6.61 Å². The fraction of sp³-hybridized carbons (Fsp3) is 0.286. The Morgan fingerprint density at radius 1 is 1.06 bits per heavy atom. The molecule has 0 saturated carbocycles. The first-order valence-electron chi connectivity index (χ1n) is 5.63. The first kappa shape index (κ1) is 11.7. The highest BCUT2D eigenvalue weighted by molar-refractivity contribution is 5.65. The van der Waals surface area contributed by atoms with E-state index in [1.165, 1.54) is 16.7 Å². The summed E-state index contributed by atoms with van der Waals surface area (Å²) in [5, 5.41) is 9.05. The largest absolute Gasteiger partial charge is 0.388 e. The predicted molar refractivity (Wildman–Crippen MR) is 67.6 cm³/mol. The fourth-order valence-corrected chi connectivity index (χ4v) is 1.86. The van der Waals surface area contributed by atoms with E-state index in [0.717, 1.165) is 11.3 Å². The van der Waals surface area contributed by atoms with Crippen molar-refractivity contribution < 1.29 is 5.11 Å². The lowest BCUT2D eigenvalue weighted by atomic mass is 9.99. The molecular formula is C14H16N2O. The molecule has 1 N–H and O–H groups in total. The van der Waals surface area contributed by atoms with Crippen molar-refractivity contribution in [3.05, 3.63) is 46.9 Å². The van der Waals surface area contributed by atoms with Crippen molar-refractivity contribution in [1.82, 2.24) is 9.97 Å². The first-order valence-corrected chi connectivity index (χ1v) is 5.63. The minimum Gasteiger partial charge on any atom is -0.388 e. The van der Waals surface area contributed by atoms with Gasteiger partial charge >= 0.3 is 0 Å². The monoisotopic (exact) mass is 228 g/mol. The third kappa shape index (κ3) is 2.34. The molecule has 0 aliphatic rings. The van der Waals surface area contributed by atoms with Crippen LogP contribution in [-0.2, 0) is 6.61 Å². The third-order valence-electron chi connectivity index (χ3n) is 2.96. The summed E-state index contributed by atoms with van der Waals surface area (Å²) < 4.78 is 0. The van der Waals surface area contributed by atoms with Crippen LogP contribution in [0.15, 0.2) is 24.4 Å². The zero-order chi connectivity index (χ0) is 12.4. The van der Waals surface area contributed by atoms with E-state index in [0.29, 0.717) is 5.82 Å². The Balaban J connectivity index is 2.56. The van der Waals surface area contributed by atoms with Crippen LogP contribution in [0.2, 0.25) is 0 Å². The molecule has 0 radical (unpaired) electrons. The summed E-state index contributed by atoms with van der Waals surface area (Å²) in [6.07, 6.45) is 1.68. The van der Waals surface area contributed by atoms with Crippen LogP contribution in [0.1, 0.15) is 22.5 Å². The van der Waals surface area contributed by atoms with Crippen LogP contribution in [-0.4, -0.2) is 15.1 Å². The van der Waals surface area contributed by atoms with Gasteiger partial charge in [-0.25, -0.2) is 9.97 Å². The third-order valence-corrected chi connectivity index (χ3v) is 2.96. The van der Waals surface area contributed by atoms with Crippen molar-refractivity contribution >= 4 is 0 Å². The van der Waals surface area contributed by atoms with Gasteiger partial charge in [0.25, 0.3) is 0 Å². The van der Waals surface area contributed by atoms with Crippen LogP contribution in [0.3, 0.4) is 0 Å². The van der Waals surface area contributed by atoms with Crippen molar-refractivity contribution in [3.63, 3.8) is 0 Å². The number of hydrogen-bond acceptors (Lipinski definition) is 3. The van der Waals surface area contributed by atoms with Gasteiger partial charge in [0.05, 0.1) is 5.69 Å². The van der Waals surface area contributed by atoms with Crippen molar-refractivity contribution in [3.8, 4) is 11.3 Å². The standard InChI is InChI=1S/C14H16N2O/c1-9-6-11(3)12(7-10(9)2)13-4-5-15-14(8-17)16-13/h4-7,17H,8H2,1-3H3. The fourth-order valence-electron chi connectivity index (χ4n) is 1.86. The molecular weight excluding hydrogens is 212 g/mol. The molecule has 0 aliphatic heterocycles. The van der Waals surface area contributed by atoms with Gasteiger partial charge in [-0.3, -0.25) is 0 Å². The van der Waals surface area contributed by atoms with E-state index in [9.17, 15) is 0 Å². The van der Waals surface area contributed by atoms with Crippen LogP contribution >= 0.6 is 0 Å². The normalized spacial score (nSPS) is 10.6. The molecule has 1 aromatic carbocycles. The molecule has 0 unspecified atom stereocenters. The van der Waals surface area contributed by atoms with Gasteiger partial charge in [0.2, 0.25) is 0 Å². The highest BCUT2D eigenvalue weighted by Gasteiger charge is 2.06. The van der Waals surface area contributed by atoms with Crippen molar-refractivity contribution in [1.29, 1.82) is 0 Å². The summed E-state index contributed by atoms with van der Waals surface area (Å²) in [5.74, 6) is 0.458. The van der Waals surface area contributed by atoms with Gasteiger partial charge < -0.3 is 5.11 Å². The number of aliphatic hydroxyl groups excluding tert-OH is 1. The van der Waals surface area contributed by atoms with Gasteiger partial charge in [-0.1, -0.05) is 6.07 Å². The van der Waals surface area contributed by atoms with E-state index < -0.39 is 0 Å². The van der Waals surface area contributed by atoms with Crippen LogP contribution in [0.25, 0.3) is 11.3 Å². The molecule has 0 fully saturated rings. The average molecular weight is 228 g/mol. The molecule has 0 spiro atoms. The van der Waals surface area contributed by atoms with Crippen molar-refractivity contribution in [2.75, 3.05) is 0 Å². The van der Waals surface area contributed by atoms with Gasteiger partial charge in [0, 0.05) is 11.8 Å².